The molecule has 168 valence electrons. The van der Waals surface area contributed by atoms with Crippen LogP contribution < -0.4 is 15.6 Å². The van der Waals surface area contributed by atoms with E-state index in [0.29, 0.717) is 41.6 Å². The highest BCUT2D eigenvalue weighted by Gasteiger charge is 2.36. The average Bonchev–Trinajstić information content (AvgIpc) is 2.70. The Bertz CT molecular complexity index is 851. The number of carbonyl (C=O) groups is 2. The van der Waals surface area contributed by atoms with Gasteiger partial charge < -0.3 is 4.74 Å². The van der Waals surface area contributed by atoms with Crippen molar-refractivity contribution in [2.24, 2.45) is 0 Å². The summed E-state index contributed by atoms with van der Waals surface area (Å²) in [7, 11) is -3.49. The van der Waals surface area contributed by atoms with Gasteiger partial charge in [-0.1, -0.05) is 36.5 Å². The van der Waals surface area contributed by atoms with E-state index >= 15 is 0 Å². The molecule has 1 heterocycles. The van der Waals surface area contributed by atoms with E-state index in [2.05, 4.69) is 10.9 Å². The van der Waals surface area contributed by atoms with Crippen LogP contribution in [0.2, 0.25) is 10.0 Å². The fraction of sp³-hybridized carbons (Fsp3) is 0.579. The van der Waals surface area contributed by atoms with Crippen LogP contribution in [0.4, 0.5) is 0 Å². The predicted octanol–water partition coefficient (Wildman–Crippen LogP) is 2.89. The van der Waals surface area contributed by atoms with E-state index in [9.17, 15) is 18.0 Å². The Labute approximate surface area is 187 Å². The van der Waals surface area contributed by atoms with E-state index in [1.807, 2.05) is 0 Å². The van der Waals surface area contributed by atoms with E-state index < -0.39 is 27.9 Å². The molecule has 2 rings (SSSR count). The normalized spacial score (nSPS) is 17.4. The molecule has 1 aliphatic heterocycles. The summed E-state index contributed by atoms with van der Waals surface area (Å²) in [6.45, 7) is 2.36. The first-order valence-corrected chi connectivity index (χ1v) is 12.3. The SMILES string of the molecule is CCCS(=O)(=O)N1CCCCC1C(=O)NNC(=O)CCCOc1ccc(Cl)cc1Cl. The Morgan fingerprint density at radius 1 is 1.23 bits per heavy atom. The topological polar surface area (TPSA) is 105 Å². The Hall–Kier alpha value is -1.55. The summed E-state index contributed by atoms with van der Waals surface area (Å²) in [5.41, 5.74) is 4.69. The van der Waals surface area contributed by atoms with Crippen molar-refractivity contribution in [2.45, 2.75) is 51.5 Å². The van der Waals surface area contributed by atoms with E-state index in [4.69, 9.17) is 27.9 Å². The van der Waals surface area contributed by atoms with Crippen LogP contribution in [0.3, 0.4) is 0 Å². The summed E-state index contributed by atoms with van der Waals surface area (Å²) in [5, 5.41) is 0.885. The standard InChI is InChI=1S/C19H27Cl2N3O5S/c1-2-12-30(27,28)24-10-4-3-6-16(24)19(26)23-22-18(25)7-5-11-29-17-9-8-14(20)13-15(17)21/h8-9,13,16H,2-7,10-12H2,1H3,(H,22,25)(H,23,26). The van der Waals surface area contributed by atoms with Crippen LogP contribution in [-0.2, 0) is 19.6 Å². The van der Waals surface area contributed by atoms with Crippen molar-refractivity contribution in [2.75, 3.05) is 18.9 Å². The Morgan fingerprint density at radius 3 is 2.70 bits per heavy atom. The number of hydrazine groups is 1. The van der Waals surface area contributed by atoms with Crippen LogP contribution >= 0.6 is 23.2 Å². The number of nitrogens with zero attached hydrogens (tertiary/aromatic N) is 1. The van der Waals surface area contributed by atoms with E-state index in [0.717, 1.165) is 12.8 Å². The lowest BCUT2D eigenvalue weighted by Gasteiger charge is -2.33. The van der Waals surface area contributed by atoms with Crippen LogP contribution in [0.5, 0.6) is 5.75 Å². The first-order chi connectivity index (χ1) is 14.2. The molecule has 0 aromatic heterocycles. The summed E-state index contributed by atoms with van der Waals surface area (Å²) in [6, 6.07) is 4.06. The van der Waals surface area contributed by atoms with Gasteiger partial charge in [-0.2, -0.15) is 4.31 Å². The molecule has 2 amide bonds. The van der Waals surface area contributed by atoms with Crippen LogP contribution in [0.1, 0.15) is 45.4 Å². The minimum Gasteiger partial charge on any atom is -0.492 e. The third-order valence-corrected chi connectivity index (χ3v) is 7.21. The third kappa shape index (κ3) is 7.30. The van der Waals surface area contributed by atoms with Gasteiger partial charge in [0, 0.05) is 18.0 Å². The second-order valence-corrected chi connectivity index (χ2v) is 9.89. The molecule has 11 heteroatoms. The predicted molar refractivity (Wildman–Crippen MR) is 116 cm³/mol. The van der Waals surface area contributed by atoms with Crippen LogP contribution in [0.25, 0.3) is 0 Å². The number of rotatable bonds is 9. The molecule has 1 atom stereocenters. The molecule has 0 radical (unpaired) electrons. The summed E-state index contributed by atoms with van der Waals surface area (Å²) < 4.78 is 31.6. The first kappa shape index (κ1) is 24.7. The zero-order valence-corrected chi connectivity index (χ0v) is 19.2. The maximum Gasteiger partial charge on any atom is 0.256 e. The lowest BCUT2D eigenvalue weighted by Crippen LogP contribution is -2.55. The van der Waals surface area contributed by atoms with Gasteiger partial charge >= 0.3 is 0 Å². The monoisotopic (exact) mass is 479 g/mol. The van der Waals surface area contributed by atoms with Gasteiger partial charge in [0.2, 0.25) is 15.9 Å². The highest BCUT2D eigenvalue weighted by Crippen LogP contribution is 2.27. The lowest BCUT2D eigenvalue weighted by atomic mass is 10.0. The molecule has 2 N–H and O–H groups in total. The van der Waals surface area contributed by atoms with Gasteiger partial charge in [0.1, 0.15) is 11.8 Å². The third-order valence-electron chi connectivity index (χ3n) is 4.60. The van der Waals surface area contributed by atoms with Crippen molar-refractivity contribution in [3.63, 3.8) is 0 Å². The molecule has 1 saturated heterocycles. The molecule has 1 unspecified atom stereocenters. The van der Waals surface area contributed by atoms with Crippen molar-refractivity contribution >= 4 is 45.0 Å². The summed E-state index contributed by atoms with van der Waals surface area (Å²) in [5.74, 6) is -0.443. The number of hydrogen-bond acceptors (Lipinski definition) is 5. The fourth-order valence-electron chi connectivity index (χ4n) is 3.16. The molecule has 0 spiro atoms. The zero-order chi connectivity index (χ0) is 22.1. The molecule has 8 nitrogen and oxygen atoms in total. The van der Waals surface area contributed by atoms with Crippen molar-refractivity contribution in [3.8, 4) is 5.75 Å². The minimum absolute atomic E-state index is 0.000769. The quantitative estimate of drug-likeness (QED) is 0.418. The first-order valence-electron chi connectivity index (χ1n) is 9.90. The van der Waals surface area contributed by atoms with Gasteiger partial charge in [0.25, 0.3) is 5.91 Å². The summed E-state index contributed by atoms with van der Waals surface area (Å²) >= 11 is 11.8. The van der Waals surface area contributed by atoms with Gasteiger partial charge in [0.15, 0.2) is 0 Å². The number of nitrogens with one attached hydrogen (secondary N) is 2. The zero-order valence-electron chi connectivity index (χ0n) is 16.8. The van der Waals surface area contributed by atoms with Gasteiger partial charge in [-0.15, -0.1) is 0 Å². The van der Waals surface area contributed by atoms with Gasteiger partial charge in [0.05, 0.1) is 17.4 Å². The van der Waals surface area contributed by atoms with Crippen molar-refractivity contribution < 1.29 is 22.7 Å². The summed E-state index contributed by atoms with van der Waals surface area (Å²) in [4.78, 5) is 24.4. The molecular weight excluding hydrogens is 453 g/mol. The molecule has 1 aromatic rings. The molecule has 1 aromatic carbocycles. The Morgan fingerprint density at radius 2 is 2.00 bits per heavy atom. The fourth-order valence-corrected chi connectivity index (χ4v) is 5.37. The number of halogens is 2. The number of ether oxygens (including phenoxy) is 1. The van der Waals surface area contributed by atoms with Crippen LogP contribution in [0.15, 0.2) is 18.2 Å². The molecule has 1 aliphatic rings. The molecule has 0 bridgehead atoms. The summed E-state index contributed by atoms with van der Waals surface area (Å²) in [6.07, 6.45) is 2.91. The largest absolute Gasteiger partial charge is 0.492 e. The number of hydrogen-bond donors (Lipinski definition) is 2. The maximum atomic E-state index is 12.5. The van der Waals surface area contributed by atoms with E-state index in [-0.39, 0.29) is 18.8 Å². The highest BCUT2D eigenvalue weighted by atomic mass is 35.5. The number of amides is 2. The second kappa shape index (κ2) is 11.7. The minimum atomic E-state index is -3.49. The second-order valence-electron chi connectivity index (χ2n) is 7.00. The Balaban J connectivity index is 1.75. The average molecular weight is 480 g/mol. The van der Waals surface area contributed by atoms with Crippen LogP contribution in [-0.4, -0.2) is 49.5 Å². The number of benzene rings is 1. The van der Waals surface area contributed by atoms with Crippen LogP contribution in [0, 0.1) is 0 Å². The number of carbonyl (C=O) groups excluding carboxylic acids is 2. The van der Waals surface area contributed by atoms with E-state index in [1.54, 1.807) is 25.1 Å². The van der Waals surface area contributed by atoms with Gasteiger partial charge in [-0.05, 0) is 43.9 Å². The smallest absolute Gasteiger partial charge is 0.256 e. The van der Waals surface area contributed by atoms with Gasteiger partial charge in [-0.3, -0.25) is 20.4 Å². The molecule has 30 heavy (non-hydrogen) atoms. The van der Waals surface area contributed by atoms with Crippen molar-refractivity contribution in [3.05, 3.63) is 28.2 Å². The molecular formula is C19H27Cl2N3O5S. The van der Waals surface area contributed by atoms with Gasteiger partial charge in [-0.25, -0.2) is 8.42 Å². The highest BCUT2D eigenvalue weighted by molar-refractivity contribution is 7.89. The molecule has 1 fully saturated rings. The molecule has 0 aliphatic carbocycles. The van der Waals surface area contributed by atoms with E-state index in [1.165, 1.54) is 4.31 Å². The van der Waals surface area contributed by atoms with Crippen molar-refractivity contribution in [1.82, 2.24) is 15.2 Å². The molecule has 0 saturated carbocycles. The number of piperidine rings is 1. The Kier molecular flexibility index (Phi) is 9.67. The lowest BCUT2D eigenvalue weighted by molar-refractivity contribution is -0.131. The van der Waals surface area contributed by atoms with Crippen molar-refractivity contribution in [1.29, 1.82) is 0 Å². The number of sulfonamides is 1. The maximum absolute atomic E-state index is 12.5.